The normalized spacial score (nSPS) is 14.2. The summed E-state index contributed by atoms with van der Waals surface area (Å²) in [5.74, 6) is 0.0336. The van der Waals surface area contributed by atoms with E-state index in [4.69, 9.17) is 15.4 Å². The average molecular weight is 243 g/mol. The van der Waals surface area contributed by atoms with Crippen LogP contribution in [0.4, 0.5) is 0 Å². The van der Waals surface area contributed by atoms with Crippen LogP contribution in [0.3, 0.4) is 0 Å². The third-order valence-corrected chi connectivity index (χ3v) is 3.26. The number of hydrogen-bond acceptors (Lipinski definition) is 3. The first-order chi connectivity index (χ1) is 6.49. The molecular weight excluding hydrogens is 224 g/mol. The van der Waals surface area contributed by atoms with Gasteiger partial charge in [-0.2, -0.15) is 0 Å². The maximum Gasteiger partial charge on any atom is 0.232 e. The Hall–Kier alpha value is 0.200. The van der Waals surface area contributed by atoms with Crippen LogP contribution in [0.1, 0.15) is 33.1 Å². The largest absolute Gasteiger partial charge is 0.381 e. The van der Waals surface area contributed by atoms with Gasteiger partial charge in [-0.15, -0.1) is 0 Å². The van der Waals surface area contributed by atoms with Gasteiger partial charge >= 0.3 is 0 Å². The third kappa shape index (κ3) is 8.78. The van der Waals surface area contributed by atoms with Gasteiger partial charge in [-0.3, -0.25) is 0 Å². The maximum absolute atomic E-state index is 10.8. The van der Waals surface area contributed by atoms with Crippen molar-refractivity contribution in [1.82, 2.24) is 0 Å². The maximum atomic E-state index is 10.8. The molecule has 0 aromatic carbocycles. The number of unbranched alkanes of at least 4 members (excludes halogenated alkanes) is 1. The van der Waals surface area contributed by atoms with Crippen LogP contribution in [0.5, 0.6) is 0 Å². The highest BCUT2D eigenvalue weighted by Crippen LogP contribution is 2.10. The van der Waals surface area contributed by atoms with Crippen molar-refractivity contribution in [3.05, 3.63) is 0 Å². The molecule has 0 rings (SSSR count). The second-order valence-electron chi connectivity index (χ2n) is 3.41. The van der Waals surface area contributed by atoms with Gasteiger partial charge in [0.15, 0.2) is 0 Å². The van der Waals surface area contributed by atoms with Crippen molar-refractivity contribution in [3.8, 4) is 0 Å². The number of rotatable bonds is 8. The van der Waals surface area contributed by atoms with Gasteiger partial charge in [-0.05, 0) is 12.3 Å². The molecule has 14 heavy (non-hydrogen) atoms. The first-order valence-electron chi connectivity index (χ1n) is 4.99. The summed E-state index contributed by atoms with van der Waals surface area (Å²) in [7, 11) is 1.78. The molecule has 0 aliphatic carbocycles. The fraction of sp³-hybridized carbons (Fsp3) is 1.00. The van der Waals surface area contributed by atoms with Gasteiger partial charge in [0, 0.05) is 17.3 Å². The van der Waals surface area contributed by atoms with Crippen LogP contribution < -0.4 is 0 Å². The van der Waals surface area contributed by atoms with Gasteiger partial charge in [0.05, 0.1) is 12.4 Å². The topological polar surface area (TPSA) is 43.4 Å². The summed E-state index contributed by atoms with van der Waals surface area (Å²) >= 11 is 0. The van der Waals surface area contributed by atoms with Crippen LogP contribution in [-0.4, -0.2) is 27.4 Å². The summed E-state index contributed by atoms with van der Waals surface area (Å²) in [4.78, 5) is 0. The quantitative estimate of drug-likeness (QED) is 0.485. The predicted molar refractivity (Wildman–Crippen MR) is 59.1 cm³/mol. The van der Waals surface area contributed by atoms with Crippen LogP contribution in [0.15, 0.2) is 0 Å². The van der Waals surface area contributed by atoms with Crippen molar-refractivity contribution in [2.45, 2.75) is 33.1 Å². The molecule has 0 saturated heterocycles. The lowest BCUT2D eigenvalue weighted by molar-refractivity contribution is 0.102. The molecule has 0 spiro atoms. The molecule has 0 saturated carbocycles. The second kappa shape index (κ2) is 7.49. The highest BCUT2D eigenvalue weighted by molar-refractivity contribution is 8.13. The van der Waals surface area contributed by atoms with E-state index in [9.17, 15) is 8.42 Å². The first kappa shape index (κ1) is 14.2. The SMILES string of the molecule is CCCCOCC(CC)CS(=O)(=O)Cl. The van der Waals surface area contributed by atoms with E-state index >= 15 is 0 Å². The lowest BCUT2D eigenvalue weighted by atomic mass is 10.1. The molecule has 1 unspecified atom stereocenters. The molecule has 0 aromatic heterocycles. The lowest BCUT2D eigenvalue weighted by Crippen LogP contribution is -2.17. The van der Waals surface area contributed by atoms with E-state index in [1.165, 1.54) is 0 Å². The summed E-state index contributed by atoms with van der Waals surface area (Å²) in [5, 5.41) is 0. The molecule has 0 heterocycles. The van der Waals surface area contributed by atoms with E-state index in [1.54, 1.807) is 0 Å². The first-order valence-corrected chi connectivity index (χ1v) is 7.47. The van der Waals surface area contributed by atoms with Gasteiger partial charge in [0.25, 0.3) is 0 Å². The van der Waals surface area contributed by atoms with Crippen LogP contribution in [0.25, 0.3) is 0 Å². The fourth-order valence-electron chi connectivity index (χ4n) is 1.06. The van der Waals surface area contributed by atoms with Crippen molar-refractivity contribution < 1.29 is 13.2 Å². The van der Waals surface area contributed by atoms with Gasteiger partial charge in [0.2, 0.25) is 9.05 Å². The summed E-state index contributed by atoms with van der Waals surface area (Å²) in [6.07, 6.45) is 2.88. The minimum atomic E-state index is -3.39. The zero-order chi connectivity index (χ0) is 11.0. The smallest absolute Gasteiger partial charge is 0.232 e. The Balaban J connectivity index is 3.69. The van der Waals surface area contributed by atoms with Gasteiger partial charge < -0.3 is 4.74 Å². The summed E-state index contributed by atoms with van der Waals surface area (Å²) < 4.78 is 26.9. The van der Waals surface area contributed by atoms with E-state index in [0.717, 1.165) is 19.3 Å². The molecule has 0 aromatic rings. The zero-order valence-electron chi connectivity index (χ0n) is 8.83. The van der Waals surface area contributed by atoms with Crippen molar-refractivity contribution in [2.24, 2.45) is 5.92 Å². The Bertz CT molecular complexity index is 226. The van der Waals surface area contributed by atoms with Gasteiger partial charge in [0.1, 0.15) is 0 Å². The van der Waals surface area contributed by atoms with E-state index < -0.39 is 9.05 Å². The Labute approximate surface area is 91.2 Å². The van der Waals surface area contributed by atoms with E-state index in [2.05, 4.69) is 6.92 Å². The zero-order valence-corrected chi connectivity index (χ0v) is 10.4. The van der Waals surface area contributed by atoms with Crippen LogP contribution >= 0.6 is 10.7 Å². The summed E-state index contributed by atoms with van der Waals surface area (Å²) in [5.41, 5.74) is 0. The summed E-state index contributed by atoms with van der Waals surface area (Å²) in [6, 6.07) is 0. The van der Waals surface area contributed by atoms with Crippen LogP contribution in [0, 0.1) is 5.92 Å². The van der Waals surface area contributed by atoms with E-state index in [0.29, 0.717) is 13.2 Å². The molecule has 0 radical (unpaired) electrons. The molecule has 0 N–H and O–H groups in total. The Morgan fingerprint density at radius 3 is 2.43 bits per heavy atom. The minimum absolute atomic E-state index is 0.0111. The number of ether oxygens (including phenoxy) is 1. The third-order valence-electron chi connectivity index (χ3n) is 2.01. The van der Waals surface area contributed by atoms with Gasteiger partial charge in [-0.25, -0.2) is 8.42 Å². The van der Waals surface area contributed by atoms with Crippen molar-refractivity contribution in [2.75, 3.05) is 19.0 Å². The predicted octanol–water partition coefficient (Wildman–Crippen LogP) is 2.40. The number of halogens is 1. The highest BCUT2D eigenvalue weighted by atomic mass is 35.7. The second-order valence-corrected chi connectivity index (χ2v) is 6.23. The molecule has 0 fully saturated rings. The molecule has 0 amide bonds. The molecule has 3 nitrogen and oxygen atoms in total. The average Bonchev–Trinajstić information content (AvgIpc) is 2.08. The van der Waals surface area contributed by atoms with Crippen molar-refractivity contribution >= 4 is 19.7 Å². The Kier molecular flexibility index (Phi) is 7.59. The fourth-order valence-corrected chi connectivity index (χ4v) is 2.49. The molecule has 5 heteroatoms. The monoisotopic (exact) mass is 242 g/mol. The van der Waals surface area contributed by atoms with Crippen LogP contribution in [-0.2, 0) is 13.8 Å². The molecule has 0 bridgehead atoms. The molecular formula is C9H19ClO3S. The van der Waals surface area contributed by atoms with Crippen LogP contribution in [0.2, 0.25) is 0 Å². The molecule has 86 valence electrons. The van der Waals surface area contributed by atoms with Crippen molar-refractivity contribution in [3.63, 3.8) is 0 Å². The lowest BCUT2D eigenvalue weighted by Gasteiger charge is -2.12. The summed E-state index contributed by atoms with van der Waals surface area (Å²) in [6.45, 7) is 5.22. The minimum Gasteiger partial charge on any atom is -0.381 e. The molecule has 1 atom stereocenters. The Morgan fingerprint density at radius 2 is 2.00 bits per heavy atom. The Morgan fingerprint density at radius 1 is 1.36 bits per heavy atom. The van der Waals surface area contributed by atoms with Crippen molar-refractivity contribution in [1.29, 1.82) is 0 Å². The standard InChI is InChI=1S/C9H19ClO3S/c1-3-5-6-13-7-9(4-2)8-14(10,11)12/h9H,3-8H2,1-2H3. The molecule has 0 aliphatic heterocycles. The number of hydrogen-bond donors (Lipinski definition) is 0. The highest BCUT2D eigenvalue weighted by Gasteiger charge is 2.15. The van der Waals surface area contributed by atoms with E-state index in [-0.39, 0.29) is 11.7 Å². The van der Waals surface area contributed by atoms with E-state index in [1.807, 2.05) is 6.92 Å². The van der Waals surface area contributed by atoms with Gasteiger partial charge in [-0.1, -0.05) is 26.7 Å². The molecule has 0 aliphatic rings.